The molecule has 0 aromatic carbocycles. The minimum absolute atomic E-state index is 0.0726. The van der Waals surface area contributed by atoms with Gasteiger partial charge in [0.25, 0.3) is 0 Å². The fourth-order valence-corrected chi connectivity index (χ4v) is 2.55. The zero-order chi connectivity index (χ0) is 18.3. The Morgan fingerprint density at radius 3 is 2.67 bits per heavy atom. The van der Waals surface area contributed by atoms with Gasteiger partial charge in [-0.15, -0.1) is 0 Å². The van der Waals surface area contributed by atoms with Crippen molar-refractivity contribution >= 4 is 5.82 Å². The summed E-state index contributed by atoms with van der Waals surface area (Å²) in [5.74, 6) is 0.125. The molecule has 0 spiro atoms. The molecule has 3 N–H and O–H groups in total. The van der Waals surface area contributed by atoms with Crippen molar-refractivity contribution in [3.8, 4) is 0 Å². The molecular formula is C16H29N3O5. The molecule has 0 aliphatic carbocycles. The van der Waals surface area contributed by atoms with E-state index < -0.39 is 18.0 Å². The average molecular weight is 343 g/mol. The van der Waals surface area contributed by atoms with Crippen LogP contribution in [-0.4, -0.2) is 53.8 Å². The van der Waals surface area contributed by atoms with Crippen molar-refractivity contribution in [3.63, 3.8) is 0 Å². The Balaban J connectivity index is 0.00000139. The van der Waals surface area contributed by atoms with Crippen LogP contribution in [0.25, 0.3) is 0 Å². The van der Waals surface area contributed by atoms with Gasteiger partial charge in [0.15, 0.2) is 6.23 Å². The smallest absolute Gasteiger partial charge is 0.351 e. The van der Waals surface area contributed by atoms with Crippen LogP contribution in [0.3, 0.4) is 0 Å². The van der Waals surface area contributed by atoms with Crippen LogP contribution in [0.2, 0.25) is 0 Å². The molecule has 0 amide bonds. The average Bonchev–Trinajstić information content (AvgIpc) is 2.89. The van der Waals surface area contributed by atoms with E-state index in [2.05, 4.69) is 4.98 Å². The predicted molar refractivity (Wildman–Crippen MR) is 90.8 cm³/mol. The number of aliphatic hydroxyl groups excluding tert-OH is 1. The highest BCUT2D eigenvalue weighted by Crippen LogP contribution is 2.35. The highest BCUT2D eigenvalue weighted by atomic mass is 16.6. The van der Waals surface area contributed by atoms with Crippen molar-refractivity contribution < 1.29 is 19.3 Å². The van der Waals surface area contributed by atoms with Crippen LogP contribution in [0.4, 0.5) is 5.82 Å². The number of hydrogen-bond acceptors (Lipinski definition) is 7. The molecule has 0 saturated carbocycles. The summed E-state index contributed by atoms with van der Waals surface area (Å²) in [4.78, 5) is 15.9. The van der Waals surface area contributed by atoms with Crippen LogP contribution in [0.1, 0.15) is 32.6 Å². The van der Waals surface area contributed by atoms with Crippen LogP contribution in [-0.2, 0) is 14.2 Å². The van der Waals surface area contributed by atoms with Gasteiger partial charge in [-0.05, 0) is 6.92 Å². The number of hydrogen-bond donors (Lipinski definition) is 2. The number of anilines is 1. The lowest BCUT2D eigenvalue weighted by Gasteiger charge is -2.23. The van der Waals surface area contributed by atoms with Gasteiger partial charge in [0.1, 0.15) is 11.9 Å². The molecule has 24 heavy (non-hydrogen) atoms. The molecule has 1 aliphatic rings. The van der Waals surface area contributed by atoms with Gasteiger partial charge in [-0.1, -0.05) is 20.8 Å². The highest BCUT2D eigenvalue weighted by molar-refractivity contribution is 5.35. The van der Waals surface area contributed by atoms with Crippen molar-refractivity contribution in [2.75, 3.05) is 32.7 Å². The summed E-state index contributed by atoms with van der Waals surface area (Å²) in [6.07, 6.45) is 0.175. The second-order valence-corrected chi connectivity index (χ2v) is 5.43. The number of methoxy groups -OCH3 is 1. The normalized spacial score (nSPS) is 26.1. The van der Waals surface area contributed by atoms with Crippen LogP contribution in [0.5, 0.6) is 0 Å². The van der Waals surface area contributed by atoms with Crippen LogP contribution >= 0.6 is 0 Å². The molecule has 0 radical (unpaired) electrons. The first kappa shape index (κ1) is 20.6. The lowest BCUT2D eigenvalue weighted by molar-refractivity contribution is -0.0793. The van der Waals surface area contributed by atoms with Crippen molar-refractivity contribution in [1.82, 2.24) is 9.55 Å². The molecule has 8 nitrogen and oxygen atoms in total. The Bertz CT molecular complexity index is 563. The van der Waals surface area contributed by atoms with Crippen molar-refractivity contribution in [3.05, 3.63) is 22.2 Å². The van der Waals surface area contributed by atoms with Gasteiger partial charge in [0, 0.05) is 24.8 Å². The third kappa shape index (κ3) is 4.54. The largest absolute Gasteiger partial charge is 0.394 e. The van der Waals surface area contributed by atoms with Crippen molar-refractivity contribution in [2.45, 2.75) is 46.1 Å². The molecule has 4 atom stereocenters. The van der Waals surface area contributed by atoms with E-state index in [0.29, 0.717) is 18.8 Å². The van der Waals surface area contributed by atoms with Crippen molar-refractivity contribution in [2.24, 2.45) is 5.92 Å². The molecule has 1 aromatic heterocycles. The fourth-order valence-electron chi connectivity index (χ4n) is 2.55. The molecule has 2 rings (SSSR count). The van der Waals surface area contributed by atoms with E-state index in [1.54, 1.807) is 20.2 Å². The maximum Gasteiger partial charge on any atom is 0.351 e. The van der Waals surface area contributed by atoms with E-state index in [9.17, 15) is 9.90 Å². The number of rotatable bonds is 6. The quantitative estimate of drug-likeness (QED) is 0.732. The Labute approximate surface area is 142 Å². The predicted octanol–water partition coefficient (Wildman–Crippen LogP) is 0.718. The summed E-state index contributed by atoms with van der Waals surface area (Å²) in [5, 5.41) is 9.43. The minimum atomic E-state index is -0.650. The van der Waals surface area contributed by atoms with Crippen LogP contribution in [0.15, 0.2) is 11.0 Å². The van der Waals surface area contributed by atoms with Gasteiger partial charge in [-0.3, -0.25) is 4.57 Å². The molecule has 8 heteroatoms. The Morgan fingerprint density at radius 1 is 1.42 bits per heavy atom. The summed E-state index contributed by atoms with van der Waals surface area (Å²) >= 11 is 0. The lowest BCUT2D eigenvalue weighted by atomic mass is 10.0. The molecule has 1 aromatic rings. The molecule has 1 aliphatic heterocycles. The molecule has 1 saturated heterocycles. The fraction of sp³-hybridized carbons (Fsp3) is 0.750. The summed E-state index contributed by atoms with van der Waals surface area (Å²) in [7, 11) is 1.59. The zero-order valence-corrected chi connectivity index (χ0v) is 15.1. The zero-order valence-electron chi connectivity index (χ0n) is 15.1. The van der Waals surface area contributed by atoms with Crippen LogP contribution in [0, 0.1) is 12.8 Å². The van der Waals surface area contributed by atoms with Gasteiger partial charge in [-0.2, -0.15) is 4.98 Å². The number of nitrogen functional groups attached to an aromatic ring is 1. The highest BCUT2D eigenvalue weighted by Gasteiger charge is 2.43. The molecule has 138 valence electrons. The Hall–Kier alpha value is -1.48. The first-order chi connectivity index (χ1) is 11.5. The van der Waals surface area contributed by atoms with Gasteiger partial charge >= 0.3 is 5.69 Å². The van der Waals surface area contributed by atoms with E-state index in [1.165, 1.54) is 4.57 Å². The first-order valence-corrected chi connectivity index (χ1v) is 8.21. The second-order valence-electron chi connectivity index (χ2n) is 5.43. The van der Waals surface area contributed by atoms with Gasteiger partial charge < -0.3 is 25.1 Å². The van der Waals surface area contributed by atoms with Gasteiger partial charge in [-0.25, -0.2) is 4.79 Å². The van der Waals surface area contributed by atoms with Crippen LogP contribution < -0.4 is 11.4 Å². The van der Waals surface area contributed by atoms with Gasteiger partial charge in [0.2, 0.25) is 0 Å². The van der Waals surface area contributed by atoms with E-state index in [4.69, 9.17) is 19.9 Å². The number of aryl methyl sites for hydroxylation is 1. The number of nitrogens with zero attached hydrogens (tertiary/aromatic N) is 2. The topological polar surface area (TPSA) is 109 Å². The molecule has 2 heterocycles. The third-order valence-corrected chi connectivity index (χ3v) is 3.93. The summed E-state index contributed by atoms with van der Waals surface area (Å²) in [6.45, 7) is 8.35. The monoisotopic (exact) mass is 343 g/mol. The first-order valence-electron chi connectivity index (χ1n) is 8.21. The molecular weight excluding hydrogens is 314 g/mol. The number of aromatic nitrogens is 2. The maximum absolute atomic E-state index is 12.1. The molecule has 1 fully saturated rings. The van der Waals surface area contributed by atoms with Gasteiger partial charge in [0.05, 0.1) is 25.9 Å². The summed E-state index contributed by atoms with van der Waals surface area (Å²) in [5.41, 5.74) is 5.83. The second kappa shape index (κ2) is 9.73. The lowest BCUT2D eigenvalue weighted by Crippen LogP contribution is -2.35. The Morgan fingerprint density at radius 2 is 2.08 bits per heavy atom. The van der Waals surface area contributed by atoms with Crippen molar-refractivity contribution in [1.29, 1.82) is 0 Å². The molecule has 4 unspecified atom stereocenters. The Kier molecular flexibility index (Phi) is 8.34. The van der Waals surface area contributed by atoms with E-state index in [0.717, 1.165) is 0 Å². The number of ether oxygens (including phenoxy) is 3. The summed E-state index contributed by atoms with van der Waals surface area (Å²) in [6, 6.07) is 0. The standard InChI is InChI=1S/C14H23N3O5.C2H6/c1-8-6-17(14(19)16-12(8)15)13-11(21-5-4-20-3)9(2)10(7-18)22-13;1-2/h6,9-11,13,18H,4-5,7H2,1-3H3,(H2,15,16,19);1-2H3. The molecule has 0 bridgehead atoms. The SMILES string of the molecule is CC.COCCOC1C(C)C(CO)OC1n1cc(C)c(N)nc1=O. The number of aliphatic hydroxyl groups is 1. The van der Waals surface area contributed by atoms with E-state index in [1.807, 2.05) is 20.8 Å². The number of nitrogens with two attached hydrogens (primary N) is 1. The van der Waals surface area contributed by atoms with E-state index >= 15 is 0 Å². The maximum atomic E-state index is 12.1. The minimum Gasteiger partial charge on any atom is -0.394 e. The third-order valence-electron chi connectivity index (χ3n) is 3.93. The van der Waals surface area contributed by atoms with E-state index in [-0.39, 0.29) is 24.4 Å². The summed E-state index contributed by atoms with van der Waals surface area (Å²) < 4.78 is 17.9.